The number of para-hydroxylation sites is 1. The standard InChI is InChI=1S/C22H25ClN2O3/c1-13(2)17-11-18(23)14(3)10-20(17)28-12-21(26)25-19-7-5-4-6-16(19)22(27)24-15-8-9-15/h4-7,10-11,13,15H,8-9,12H2,1-3H3,(H,24,27)(H,25,26). The fourth-order valence-corrected chi connectivity index (χ4v) is 3.03. The van der Waals surface area contributed by atoms with E-state index in [2.05, 4.69) is 10.6 Å². The highest BCUT2D eigenvalue weighted by Crippen LogP contribution is 2.32. The number of nitrogens with one attached hydrogen (secondary N) is 2. The lowest BCUT2D eigenvalue weighted by molar-refractivity contribution is -0.118. The highest BCUT2D eigenvalue weighted by molar-refractivity contribution is 6.31. The van der Waals surface area contributed by atoms with Crippen LogP contribution >= 0.6 is 11.6 Å². The zero-order valence-corrected chi connectivity index (χ0v) is 17.1. The third-order valence-electron chi connectivity index (χ3n) is 4.63. The van der Waals surface area contributed by atoms with Crippen molar-refractivity contribution in [2.24, 2.45) is 0 Å². The van der Waals surface area contributed by atoms with E-state index in [-0.39, 0.29) is 30.4 Å². The maximum absolute atomic E-state index is 12.4. The third-order valence-corrected chi connectivity index (χ3v) is 5.04. The van der Waals surface area contributed by atoms with Gasteiger partial charge in [0.1, 0.15) is 5.75 Å². The first-order valence-corrected chi connectivity index (χ1v) is 9.85. The number of anilines is 1. The quantitative estimate of drug-likeness (QED) is 0.708. The van der Waals surface area contributed by atoms with Crippen LogP contribution < -0.4 is 15.4 Å². The van der Waals surface area contributed by atoms with Gasteiger partial charge in [-0.05, 0) is 61.1 Å². The molecule has 0 aliphatic heterocycles. The molecule has 2 N–H and O–H groups in total. The van der Waals surface area contributed by atoms with Crippen LogP contribution in [-0.2, 0) is 4.79 Å². The number of halogens is 1. The Morgan fingerprint density at radius 2 is 1.93 bits per heavy atom. The summed E-state index contributed by atoms with van der Waals surface area (Å²) < 4.78 is 5.77. The Bertz CT molecular complexity index is 891. The largest absolute Gasteiger partial charge is 0.483 e. The van der Waals surface area contributed by atoms with Crippen molar-refractivity contribution in [3.63, 3.8) is 0 Å². The molecule has 6 heteroatoms. The minimum atomic E-state index is -0.325. The predicted octanol–water partition coefficient (Wildman–Crippen LogP) is 4.68. The second-order valence-electron chi connectivity index (χ2n) is 7.42. The molecular formula is C22H25ClN2O3. The molecule has 0 aromatic heterocycles. The summed E-state index contributed by atoms with van der Waals surface area (Å²) in [5.41, 5.74) is 2.77. The van der Waals surface area contributed by atoms with Gasteiger partial charge in [-0.3, -0.25) is 9.59 Å². The van der Waals surface area contributed by atoms with Crippen molar-refractivity contribution >= 4 is 29.1 Å². The molecule has 0 atom stereocenters. The number of amides is 2. The van der Waals surface area contributed by atoms with Gasteiger partial charge < -0.3 is 15.4 Å². The van der Waals surface area contributed by atoms with E-state index < -0.39 is 0 Å². The molecule has 0 bridgehead atoms. The zero-order chi connectivity index (χ0) is 20.3. The molecule has 1 aliphatic carbocycles. The van der Waals surface area contributed by atoms with Gasteiger partial charge in [0.15, 0.2) is 6.61 Å². The minimum absolute atomic E-state index is 0.153. The summed E-state index contributed by atoms with van der Waals surface area (Å²) in [6, 6.07) is 11.0. The van der Waals surface area contributed by atoms with Crippen LogP contribution in [0.3, 0.4) is 0 Å². The lowest BCUT2D eigenvalue weighted by atomic mass is 10.0. The molecule has 0 spiro atoms. The molecule has 0 heterocycles. The van der Waals surface area contributed by atoms with Gasteiger partial charge >= 0.3 is 0 Å². The molecule has 2 amide bonds. The van der Waals surface area contributed by atoms with Crippen LogP contribution in [0.4, 0.5) is 5.69 Å². The summed E-state index contributed by atoms with van der Waals surface area (Å²) in [7, 11) is 0. The molecule has 0 unspecified atom stereocenters. The van der Waals surface area contributed by atoms with Gasteiger partial charge in [-0.1, -0.05) is 37.6 Å². The summed E-state index contributed by atoms with van der Waals surface area (Å²) in [6.07, 6.45) is 2.01. The van der Waals surface area contributed by atoms with E-state index in [1.54, 1.807) is 24.3 Å². The Kier molecular flexibility index (Phi) is 6.25. The molecule has 0 saturated heterocycles. The first-order valence-electron chi connectivity index (χ1n) is 9.47. The van der Waals surface area contributed by atoms with E-state index in [0.717, 1.165) is 24.0 Å². The van der Waals surface area contributed by atoms with Crippen LogP contribution in [0.2, 0.25) is 5.02 Å². The van der Waals surface area contributed by atoms with Crippen LogP contribution in [0.25, 0.3) is 0 Å². The molecule has 5 nitrogen and oxygen atoms in total. The molecular weight excluding hydrogens is 376 g/mol. The monoisotopic (exact) mass is 400 g/mol. The van der Waals surface area contributed by atoms with Gasteiger partial charge in [-0.2, -0.15) is 0 Å². The van der Waals surface area contributed by atoms with Crippen LogP contribution in [0.1, 0.15) is 54.1 Å². The second kappa shape index (κ2) is 8.65. The summed E-state index contributed by atoms with van der Waals surface area (Å²) in [6.45, 7) is 5.83. The Morgan fingerprint density at radius 1 is 1.21 bits per heavy atom. The number of hydrogen-bond acceptors (Lipinski definition) is 3. The smallest absolute Gasteiger partial charge is 0.262 e. The Labute approximate surface area is 170 Å². The third kappa shape index (κ3) is 5.04. The molecule has 1 fully saturated rings. The topological polar surface area (TPSA) is 67.4 Å². The maximum atomic E-state index is 12.4. The van der Waals surface area contributed by atoms with Gasteiger partial charge in [0, 0.05) is 11.1 Å². The highest BCUT2D eigenvalue weighted by Gasteiger charge is 2.25. The molecule has 1 saturated carbocycles. The number of benzene rings is 2. The molecule has 28 heavy (non-hydrogen) atoms. The number of aryl methyl sites for hydroxylation is 1. The number of rotatable bonds is 7. The van der Waals surface area contributed by atoms with Crippen molar-refractivity contribution in [2.75, 3.05) is 11.9 Å². The fraction of sp³-hybridized carbons (Fsp3) is 0.364. The van der Waals surface area contributed by atoms with Crippen LogP contribution in [0.5, 0.6) is 5.75 Å². The van der Waals surface area contributed by atoms with Gasteiger partial charge in [0.25, 0.3) is 11.8 Å². The molecule has 2 aromatic carbocycles. The lowest BCUT2D eigenvalue weighted by Gasteiger charge is -2.16. The Hall–Kier alpha value is -2.53. The van der Waals surface area contributed by atoms with E-state index in [4.69, 9.17) is 16.3 Å². The van der Waals surface area contributed by atoms with E-state index >= 15 is 0 Å². The zero-order valence-electron chi connectivity index (χ0n) is 16.3. The predicted molar refractivity (Wildman–Crippen MR) is 111 cm³/mol. The number of hydrogen-bond donors (Lipinski definition) is 2. The van der Waals surface area contributed by atoms with Crippen molar-refractivity contribution in [1.29, 1.82) is 0 Å². The maximum Gasteiger partial charge on any atom is 0.262 e. The van der Waals surface area contributed by atoms with Crippen LogP contribution in [0, 0.1) is 6.92 Å². The lowest BCUT2D eigenvalue weighted by Crippen LogP contribution is -2.28. The van der Waals surface area contributed by atoms with Crippen molar-refractivity contribution in [2.45, 2.75) is 45.6 Å². The number of carbonyl (C=O) groups is 2. The average molecular weight is 401 g/mol. The van der Waals surface area contributed by atoms with Crippen molar-refractivity contribution in [1.82, 2.24) is 5.32 Å². The van der Waals surface area contributed by atoms with E-state index in [1.807, 2.05) is 32.9 Å². The highest BCUT2D eigenvalue weighted by atomic mass is 35.5. The fourth-order valence-electron chi connectivity index (χ4n) is 2.86. The van der Waals surface area contributed by atoms with Crippen molar-refractivity contribution in [3.8, 4) is 5.75 Å². The molecule has 1 aliphatic rings. The molecule has 3 rings (SSSR count). The van der Waals surface area contributed by atoms with Crippen LogP contribution in [-0.4, -0.2) is 24.5 Å². The van der Waals surface area contributed by atoms with Crippen molar-refractivity contribution in [3.05, 3.63) is 58.1 Å². The number of carbonyl (C=O) groups excluding carboxylic acids is 2. The first-order chi connectivity index (χ1) is 13.3. The normalized spacial score (nSPS) is 13.3. The van der Waals surface area contributed by atoms with Crippen molar-refractivity contribution < 1.29 is 14.3 Å². The SMILES string of the molecule is Cc1cc(OCC(=O)Nc2ccccc2C(=O)NC2CC2)c(C(C)C)cc1Cl. The van der Waals surface area contributed by atoms with E-state index in [1.165, 1.54) is 0 Å². The minimum Gasteiger partial charge on any atom is -0.483 e. The molecule has 2 aromatic rings. The van der Waals surface area contributed by atoms with E-state index in [0.29, 0.717) is 22.0 Å². The Morgan fingerprint density at radius 3 is 2.61 bits per heavy atom. The molecule has 0 radical (unpaired) electrons. The van der Waals surface area contributed by atoms with Gasteiger partial charge in [0.2, 0.25) is 0 Å². The average Bonchev–Trinajstić information content (AvgIpc) is 3.46. The van der Waals surface area contributed by atoms with Crippen LogP contribution in [0.15, 0.2) is 36.4 Å². The Balaban J connectivity index is 1.67. The summed E-state index contributed by atoms with van der Waals surface area (Å²) in [4.78, 5) is 24.8. The van der Waals surface area contributed by atoms with Gasteiger partial charge in [0.05, 0.1) is 11.3 Å². The second-order valence-corrected chi connectivity index (χ2v) is 7.83. The number of ether oxygens (including phenoxy) is 1. The van der Waals surface area contributed by atoms with E-state index in [9.17, 15) is 9.59 Å². The summed E-state index contributed by atoms with van der Waals surface area (Å²) in [5.74, 6) is 0.360. The first kappa shape index (κ1) is 20.2. The molecule has 148 valence electrons. The van der Waals surface area contributed by atoms with Gasteiger partial charge in [-0.25, -0.2) is 0 Å². The van der Waals surface area contributed by atoms with Gasteiger partial charge in [-0.15, -0.1) is 0 Å². The summed E-state index contributed by atoms with van der Waals surface area (Å²) >= 11 is 6.21. The summed E-state index contributed by atoms with van der Waals surface area (Å²) in [5, 5.41) is 6.40.